The van der Waals surface area contributed by atoms with Gasteiger partial charge in [0.25, 0.3) is 0 Å². The molecule has 0 aliphatic heterocycles. The van der Waals surface area contributed by atoms with Crippen LogP contribution in [0.2, 0.25) is 0 Å². The van der Waals surface area contributed by atoms with E-state index in [0.29, 0.717) is 17.9 Å². The first kappa shape index (κ1) is 21.6. The van der Waals surface area contributed by atoms with E-state index in [0.717, 1.165) is 12.1 Å². The van der Waals surface area contributed by atoms with E-state index in [2.05, 4.69) is 0 Å². The number of hydrogen-bond donors (Lipinski definition) is 1. The van der Waals surface area contributed by atoms with Crippen molar-refractivity contribution in [2.24, 2.45) is 0 Å². The summed E-state index contributed by atoms with van der Waals surface area (Å²) in [5, 5.41) is 7.04. The highest BCUT2D eigenvalue weighted by molar-refractivity contribution is 6.02. The molecule has 28 heavy (non-hydrogen) atoms. The predicted molar refractivity (Wildman–Crippen MR) is 91.1 cm³/mol. The van der Waals surface area contributed by atoms with Crippen LogP contribution in [-0.4, -0.2) is 31.3 Å². The lowest BCUT2D eigenvalue weighted by atomic mass is 10.1. The van der Waals surface area contributed by atoms with Crippen molar-refractivity contribution in [3.8, 4) is 11.5 Å². The average molecular weight is 405 g/mol. The monoisotopic (exact) mass is 405 g/mol. The Morgan fingerprint density at radius 1 is 0.750 bits per heavy atom. The minimum atomic E-state index is -4.70. The van der Waals surface area contributed by atoms with Crippen molar-refractivity contribution in [2.45, 2.75) is 25.2 Å². The van der Waals surface area contributed by atoms with E-state index in [1.165, 1.54) is 36.4 Å². The van der Waals surface area contributed by atoms with Crippen molar-refractivity contribution in [3.63, 3.8) is 0 Å². The van der Waals surface area contributed by atoms with Gasteiger partial charge < -0.3 is 9.47 Å². The molecule has 0 unspecified atom stereocenters. The Bertz CT molecular complexity index is 767. The fourth-order valence-corrected chi connectivity index (χ4v) is 2.26. The topological polar surface area (TPSA) is 42.3 Å². The maximum atomic E-state index is 12.4. The second-order valence-corrected chi connectivity index (χ2v) is 5.88. The summed E-state index contributed by atoms with van der Waals surface area (Å²) < 4.78 is 84.9. The minimum Gasteiger partial charge on any atom is -0.493 e. The number of halogens is 6. The fourth-order valence-electron chi connectivity index (χ4n) is 2.26. The molecule has 2 aromatic carbocycles. The normalized spacial score (nSPS) is 11.9. The van der Waals surface area contributed by atoms with E-state index < -0.39 is 24.5 Å². The van der Waals surface area contributed by atoms with Crippen LogP contribution in [0.15, 0.2) is 48.5 Å². The van der Waals surface area contributed by atoms with Gasteiger partial charge in [-0.25, -0.2) is 0 Å². The second-order valence-electron chi connectivity index (χ2n) is 5.88. The molecule has 0 bridgehead atoms. The highest BCUT2D eigenvalue weighted by Crippen LogP contribution is 2.24. The molecule has 0 aliphatic carbocycles. The number of ether oxygens (including phenoxy) is 2. The summed E-state index contributed by atoms with van der Waals surface area (Å²) in [6.07, 6.45) is -9.50. The van der Waals surface area contributed by atoms with Crippen LogP contribution in [0.25, 0.3) is 0 Å². The molecule has 152 valence electrons. The summed E-state index contributed by atoms with van der Waals surface area (Å²) in [4.78, 5) is 0. The molecule has 0 atom stereocenters. The van der Waals surface area contributed by atoms with Gasteiger partial charge in [0, 0.05) is 12.0 Å². The van der Waals surface area contributed by atoms with E-state index >= 15 is 0 Å². The third-order valence-corrected chi connectivity index (χ3v) is 3.58. The molecular weight excluding hydrogens is 388 g/mol. The van der Waals surface area contributed by atoms with Crippen molar-refractivity contribution in [1.29, 1.82) is 5.41 Å². The lowest BCUT2D eigenvalue weighted by Crippen LogP contribution is -2.22. The number of hydrogen-bond acceptors (Lipinski definition) is 3. The zero-order chi connectivity index (χ0) is 20.8. The van der Waals surface area contributed by atoms with Gasteiger partial charge in [0.05, 0.1) is 19.6 Å². The Morgan fingerprint density at radius 3 is 1.64 bits per heavy atom. The van der Waals surface area contributed by atoms with E-state index in [1.807, 2.05) is 0 Å². The molecule has 0 aromatic heterocycles. The number of rotatable bonds is 8. The third kappa shape index (κ3) is 7.13. The summed E-state index contributed by atoms with van der Waals surface area (Å²) in [5.41, 5.74) is -1.53. The molecule has 3 nitrogen and oxygen atoms in total. The molecular formula is C19H17F6NO2. The average Bonchev–Trinajstić information content (AvgIpc) is 2.61. The summed E-state index contributed by atoms with van der Waals surface area (Å²) in [7, 11) is 0. The Kier molecular flexibility index (Phi) is 6.93. The van der Waals surface area contributed by atoms with E-state index in [4.69, 9.17) is 14.9 Å². The van der Waals surface area contributed by atoms with Gasteiger partial charge in [0.2, 0.25) is 0 Å². The van der Waals surface area contributed by atoms with Crippen LogP contribution in [0.1, 0.15) is 17.5 Å². The zero-order valence-electron chi connectivity index (χ0n) is 14.5. The summed E-state index contributed by atoms with van der Waals surface area (Å²) in [6.45, 7) is 0.498. The first-order chi connectivity index (χ1) is 13.0. The first-order valence-electron chi connectivity index (χ1n) is 8.22. The van der Waals surface area contributed by atoms with E-state index in [9.17, 15) is 26.3 Å². The zero-order valence-corrected chi connectivity index (χ0v) is 14.5. The largest absolute Gasteiger partial charge is 0.493 e. The van der Waals surface area contributed by atoms with Gasteiger partial charge in [-0.15, -0.1) is 0 Å². The number of nitrogens with one attached hydrogen (secondary N) is 1. The van der Waals surface area contributed by atoms with Crippen molar-refractivity contribution in [3.05, 3.63) is 59.7 Å². The van der Waals surface area contributed by atoms with Crippen LogP contribution in [0.3, 0.4) is 0 Å². The van der Waals surface area contributed by atoms with Crippen LogP contribution >= 0.6 is 0 Å². The minimum absolute atomic E-state index is 0.144. The van der Waals surface area contributed by atoms with Crippen LogP contribution in [-0.2, 0) is 6.42 Å². The third-order valence-electron chi connectivity index (χ3n) is 3.58. The quantitative estimate of drug-likeness (QED) is 0.355. The SMILES string of the molecule is N=C(c1ccc(OCCCOc2ccc(CC(F)(F)F)cc2)cc1)C(F)(F)F. The predicted octanol–water partition coefficient (Wildman–Crippen LogP) is 5.57. The molecule has 9 heteroatoms. The molecule has 1 N–H and O–H groups in total. The van der Waals surface area contributed by atoms with Crippen molar-refractivity contribution in [1.82, 2.24) is 0 Å². The Labute approximate surface area is 157 Å². The number of benzene rings is 2. The lowest BCUT2D eigenvalue weighted by Gasteiger charge is -2.11. The number of alkyl halides is 6. The Hall–Kier alpha value is -2.71. The van der Waals surface area contributed by atoms with Gasteiger partial charge in [-0.3, -0.25) is 5.41 Å². The fraction of sp³-hybridized carbons (Fsp3) is 0.316. The molecule has 0 heterocycles. The van der Waals surface area contributed by atoms with Gasteiger partial charge in [0.15, 0.2) is 0 Å². The molecule has 0 radical (unpaired) electrons. The summed E-state index contributed by atoms with van der Waals surface area (Å²) in [6, 6.07) is 10.6. The molecule has 0 saturated carbocycles. The Morgan fingerprint density at radius 2 is 1.21 bits per heavy atom. The van der Waals surface area contributed by atoms with Gasteiger partial charge in [-0.1, -0.05) is 12.1 Å². The van der Waals surface area contributed by atoms with Crippen molar-refractivity contribution >= 4 is 5.71 Å². The molecule has 2 aromatic rings. The van der Waals surface area contributed by atoms with Gasteiger partial charge >= 0.3 is 12.4 Å². The van der Waals surface area contributed by atoms with Crippen LogP contribution in [0.4, 0.5) is 26.3 Å². The van der Waals surface area contributed by atoms with Gasteiger partial charge in [0.1, 0.15) is 17.2 Å². The smallest absolute Gasteiger partial charge is 0.433 e. The van der Waals surface area contributed by atoms with Crippen LogP contribution in [0, 0.1) is 5.41 Å². The van der Waals surface area contributed by atoms with E-state index in [1.54, 1.807) is 0 Å². The summed E-state index contributed by atoms with van der Waals surface area (Å²) in [5.74, 6) is 0.788. The molecule has 0 aliphatic rings. The van der Waals surface area contributed by atoms with Crippen molar-refractivity contribution < 1.29 is 35.8 Å². The van der Waals surface area contributed by atoms with Crippen molar-refractivity contribution in [2.75, 3.05) is 13.2 Å². The summed E-state index contributed by atoms with van der Waals surface area (Å²) >= 11 is 0. The van der Waals surface area contributed by atoms with Crippen LogP contribution < -0.4 is 9.47 Å². The maximum Gasteiger partial charge on any atom is 0.433 e. The second kappa shape index (κ2) is 8.99. The molecule has 2 rings (SSSR count). The van der Waals surface area contributed by atoms with Gasteiger partial charge in [-0.05, 0) is 42.0 Å². The van der Waals surface area contributed by atoms with Crippen LogP contribution in [0.5, 0.6) is 11.5 Å². The molecule has 0 saturated heterocycles. The Balaban J connectivity index is 1.71. The highest BCUT2D eigenvalue weighted by atomic mass is 19.4. The molecule has 0 amide bonds. The standard InChI is InChI=1S/C19H17F6NO2/c20-18(21,22)12-13-2-6-15(7-3-13)27-10-1-11-28-16-8-4-14(5-9-16)17(26)19(23,24)25/h2-9,26H,1,10-12H2. The lowest BCUT2D eigenvalue weighted by molar-refractivity contribution is -0.127. The molecule has 0 fully saturated rings. The van der Waals surface area contributed by atoms with Gasteiger partial charge in [-0.2, -0.15) is 26.3 Å². The molecule has 0 spiro atoms. The van der Waals surface area contributed by atoms with E-state index in [-0.39, 0.29) is 24.3 Å². The first-order valence-corrected chi connectivity index (χ1v) is 8.22. The maximum absolute atomic E-state index is 12.4. The highest BCUT2D eigenvalue weighted by Gasteiger charge is 2.35.